The lowest BCUT2D eigenvalue weighted by Crippen LogP contribution is -2.13. The number of aromatic nitrogens is 1. The number of hydrogen-bond donors (Lipinski definition) is 1. The van der Waals surface area contributed by atoms with Gasteiger partial charge in [-0.1, -0.05) is 18.2 Å². The molecule has 3 aromatic carbocycles. The second-order valence-corrected chi connectivity index (χ2v) is 6.40. The van der Waals surface area contributed by atoms with Crippen molar-refractivity contribution in [1.29, 1.82) is 10.5 Å². The molecule has 0 spiro atoms. The molecular weight excluding hydrogens is 376 g/mol. The van der Waals surface area contributed by atoms with Crippen molar-refractivity contribution in [2.24, 2.45) is 0 Å². The number of para-hydroxylation sites is 1. The third kappa shape index (κ3) is 3.80. The van der Waals surface area contributed by atoms with Crippen LogP contribution < -0.4 is 10.1 Å². The fourth-order valence-electron chi connectivity index (χ4n) is 2.98. The molecule has 0 radical (unpaired) electrons. The van der Waals surface area contributed by atoms with Gasteiger partial charge in [0.05, 0.1) is 40.0 Å². The molecule has 0 saturated heterocycles. The van der Waals surface area contributed by atoms with Gasteiger partial charge in [0.15, 0.2) is 0 Å². The van der Waals surface area contributed by atoms with Crippen LogP contribution in [0.4, 0.5) is 5.69 Å². The number of anilines is 1. The zero-order valence-corrected chi connectivity index (χ0v) is 15.7. The molecule has 0 atom stereocenters. The molecular formula is C24H14N4O2. The van der Waals surface area contributed by atoms with Crippen LogP contribution in [0.5, 0.6) is 11.5 Å². The Kier molecular flexibility index (Phi) is 5.06. The van der Waals surface area contributed by atoms with Gasteiger partial charge in [0, 0.05) is 11.6 Å². The molecule has 6 nitrogen and oxygen atoms in total. The van der Waals surface area contributed by atoms with Crippen LogP contribution in [-0.2, 0) is 0 Å². The van der Waals surface area contributed by atoms with Crippen LogP contribution in [0.3, 0.4) is 0 Å². The molecule has 0 unspecified atom stereocenters. The molecule has 1 amide bonds. The minimum Gasteiger partial charge on any atom is -0.456 e. The number of benzene rings is 3. The van der Waals surface area contributed by atoms with Gasteiger partial charge in [0.25, 0.3) is 5.91 Å². The van der Waals surface area contributed by atoms with Gasteiger partial charge in [-0.15, -0.1) is 0 Å². The third-order valence-electron chi connectivity index (χ3n) is 4.45. The number of carbonyl (C=O) groups excluding carboxylic acids is 1. The van der Waals surface area contributed by atoms with E-state index in [0.717, 1.165) is 5.39 Å². The monoisotopic (exact) mass is 390 g/mol. The Bertz CT molecular complexity index is 1330. The maximum Gasteiger partial charge on any atom is 0.259 e. The average Bonchev–Trinajstić information content (AvgIpc) is 2.79. The van der Waals surface area contributed by atoms with E-state index in [1.165, 1.54) is 6.07 Å². The van der Waals surface area contributed by atoms with E-state index in [-0.39, 0.29) is 17.2 Å². The molecule has 6 heteroatoms. The Hall–Kier alpha value is -4.68. The molecule has 0 aliphatic rings. The van der Waals surface area contributed by atoms with Crippen molar-refractivity contribution >= 4 is 22.5 Å². The van der Waals surface area contributed by atoms with E-state index in [2.05, 4.69) is 10.3 Å². The van der Waals surface area contributed by atoms with Crippen molar-refractivity contribution in [3.05, 3.63) is 95.7 Å². The van der Waals surface area contributed by atoms with Crippen molar-refractivity contribution in [1.82, 2.24) is 4.98 Å². The van der Waals surface area contributed by atoms with Gasteiger partial charge in [0.2, 0.25) is 0 Å². The number of nitriles is 2. The van der Waals surface area contributed by atoms with Crippen molar-refractivity contribution in [2.75, 3.05) is 5.32 Å². The molecule has 0 aliphatic carbocycles. The number of rotatable bonds is 4. The van der Waals surface area contributed by atoms with E-state index in [1.54, 1.807) is 48.7 Å². The van der Waals surface area contributed by atoms with Crippen LogP contribution in [0.1, 0.15) is 21.5 Å². The lowest BCUT2D eigenvalue weighted by atomic mass is 10.1. The number of amides is 1. The largest absolute Gasteiger partial charge is 0.456 e. The molecule has 1 aromatic heterocycles. The van der Waals surface area contributed by atoms with Gasteiger partial charge in [-0.2, -0.15) is 10.5 Å². The Morgan fingerprint density at radius 1 is 0.900 bits per heavy atom. The minimum atomic E-state index is -0.388. The topological polar surface area (TPSA) is 98.8 Å². The lowest BCUT2D eigenvalue weighted by Gasteiger charge is -2.13. The van der Waals surface area contributed by atoms with E-state index in [1.807, 2.05) is 36.4 Å². The van der Waals surface area contributed by atoms with Gasteiger partial charge >= 0.3 is 0 Å². The van der Waals surface area contributed by atoms with Crippen LogP contribution in [0.15, 0.2) is 79.0 Å². The molecule has 0 bridgehead atoms. The number of hydrogen-bond acceptors (Lipinski definition) is 5. The number of nitrogens with one attached hydrogen (secondary N) is 1. The first kappa shape index (κ1) is 18.7. The normalized spacial score (nSPS) is 10.1. The quantitative estimate of drug-likeness (QED) is 0.527. The highest BCUT2D eigenvalue weighted by molar-refractivity contribution is 6.09. The predicted molar refractivity (Wildman–Crippen MR) is 112 cm³/mol. The van der Waals surface area contributed by atoms with Crippen LogP contribution in [0.2, 0.25) is 0 Å². The van der Waals surface area contributed by atoms with E-state index >= 15 is 0 Å². The molecule has 30 heavy (non-hydrogen) atoms. The van der Waals surface area contributed by atoms with Crippen molar-refractivity contribution < 1.29 is 9.53 Å². The fourth-order valence-corrected chi connectivity index (χ4v) is 2.98. The first-order valence-corrected chi connectivity index (χ1v) is 9.05. The summed E-state index contributed by atoms with van der Waals surface area (Å²) >= 11 is 0. The third-order valence-corrected chi connectivity index (χ3v) is 4.45. The smallest absolute Gasteiger partial charge is 0.259 e. The van der Waals surface area contributed by atoms with Crippen LogP contribution in [-0.4, -0.2) is 10.9 Å². The number of pyridine rings is 1. The second kappa shape index (κ2) is 8.14. The Morgan fingerprint density at radius 3 is 2.40 bits per heavy atom. The summed E-state index contributed by atoms with van der Waals surface area (Å²) < 4.78 is 5.86. The highest BCUT2D eigenvalue weighted by atomic mass is 16.5. The van der Waals surface area contributed by atoms with E-state index in [0.29, 0.717) is 28.1 Å². The molecule has 1 heterocycles. The summed E-state index contributed by atoms with van der Waals surface area (Å²) in [6.07, 6.45) is 1.67. The molecule has 0 fully saturated rings. The van der Waals surface area contributed by atoms with Crippen molar-refractivity contribution in [2.45, 2.75) is 0 Å². The standard InChI is InChI=1S/C24H14N4O2/c25-14-16-6-9-19(10-7-16)30-22-13-17(15-26)8-11-20(22)24(29)28-21-5-1-3-18-4-2-12-27-23(18)21/h1-13H,(H,28,29). The van der Waals surface area contributed by atoms with Crippen LogP contribution in [0, 0.1) is 22.7 Å². The number of fused-ring (bicyclic) bond motifs is 1. The molecule has 0 saturated carbocycles. The number of ether oxygens (including phenoxy) is 1. The maximum atomic E-state index is 13.0. The van der Waals surface area contributed by atoms with Gasteiger partial charge < -0.3 is 10.1 Å². The number of nitrogens with zero attached hydrogens (tertiary/aromatic N) is 3. The summed E-state index contributed by atoms with van der Waals surface area (Å²) in [5, 5.41) is 21.9. The SMILES string of the molecule is N#Cc1ccc(Oc2cc(C#N)ccc2C(=O)Nc2cccc3cccnc23)cc1. The summed E-state index contributed by atoms with van der Waals surface area (Å²) in [7, 11) is 0. The summed E-state index contributed by atoms with van der Waals surface area (Å²) in [5.74, 6) is 0.302. The summed E-state index contributed by atoms with van der Waals surface area (Å²) in [5.41, 5.74) is 2.38. The van der Waals surface area contributed by atoms with Gasteiger partial charge in [-0.3, -0.25) is 9.78 Å². The summed E-state index contributed by atoms with van der Waals surface area (Å²) in [4.78, 5) is 17.4. The zero-order valence-electron chi connectivity index (χ0n) is 15.7. The first-order chi connectivity index (χ1) is 14.7. The summed E-state index contributed by atoms with van der Waals surface area (Å²) in [6.45, 7) is 0. The van der Waals surface area contributed by atoms with E-state index < -0.39 is 0 Å². The Morgan fingerprint density at radius 2 is 1.63 bits per heavy atom. The Balaban J connectivity index is 1.68. The minimum absolute atomic E-state index is 0.240. The molecule has 142 valence electrons. The lowest BCUT2D eigenvalue weighted by molar-refractivity contribution is 0.102. The predicted octanol–water partition coefficient (Wildman–Crippen LogP) is 5.02. The fraction of sp³-hybridized carbons (Fsp3) is 0. The second-order valence-electron chi connectivity index (χ2n) is 6.40. The summed E-state index contributed by atoms with van der Waals surface area (Å²) in [6, 6.07) is 24.5. The molecule has 4 rings (SSSR count). The van der Waals surface area contributed by atoms with Crippen molar-refractivity contribution in [3.8, 4) is 23.6 Å². The molecule has 1 N–H and O–H groups in total. The first-order valence-electron chi connectivity index (χ1n) is 9.05. The van der Waals surface area contributed by atoms with Gasteiger partial charge in [0.1, 0.15) is 11.5 Å². The zero-order chi connectivity index (χ0) is 20.9. The highest BCUT2D eigenvalue weighted by Gasteiger charge is 2.16. The van der Waals surface area contributed by atoms with Crippen molar-refractivity contribution in [3.63, 3.8) is 0 Å². The maximum absolute atomic E-state index is 13.0. The number of carbonyl (C=O) groups is 1. The van der Waals surface area contributed by atoms with E-state index in [4.69, 9.17) is 10.00 Å². The van der Waals surface area contributed by atoms with Gasteiger partial charge in [-0.05, 0) is 54.6 Å². The van der Waals surface area contributed by atoms with Gasteiger partial charge in [-0.25, -0.2) is 0 Å². The molecule has 0 aliphatic heterocycles. The van der Waals surface area contributed by atoms with Crippen LogP contribution in [0.25, 0.3) is 10.9 Å². The average molecular weight is 390 g/mol. The Labute approximate surface area is 172 Å². The van der Waals surface area contributed by atoms with Crippen LogP contribution >= 0.6 is 0 Å². The highest BCUT2D eigenvalue weighted by Crippen LogP contribution is 2.29. The molecule has 4 aromatic rings. The van der Waals surface area contributed by atoms with E-state index in [9.17, 15) is 10.1 Å².